The largest absolute Gasteiger partial charge is 0.457 e. The molecule has 0 atom stereocenters. The zero-order valence-electron chi connectivity index (χ0n) is 13.9. The van der Waals surface area contributed by atoms with Gasteiger partial charge in [0.2, 0.25) is 11.7 Å². The van der Waals surface area contributed by atoms with E-state index in [1.165, 1.54) is 11.8 Å². The van der Waals surface area contributed by atoms with Gasteiger partial charge < -0.3 is 14.2 Å². The number of ether oxygens (including phenoxy) is 1. The van der Waals surface area contributed by atoms with Crippen LogP contribution in [0.4, 0.5) is 0 Å². The molecule has 1 aromatic carbocycles. The first kappa shape index (κ1) is 17.2. The average molecular weight is 359 g/mol. The van der Waals surface area contributed by atoms with Gasteiger partial charge in [0.1, 0.15) is 0 Å². The maximum absolute atomic E-state index is 12.4. The van der Waals surface area contributed by atoms with Gasteiger partial charge in [-0.2, -0.15) is 4.98 Å². The summed E-state index contributed by atoms with van der Waals surface area (Å²) in [5.41, 5.74) is 2.23. The number of aromatic nitrogens is 3. The minimum Gasteiger partial charge on any atom is -0.457 e. The summed E-state index contributed by atoms with van der Waals surface area (Å²) in [7, 11) is 0. The third kappa shape index (κ3) is 4.08. The number of aryl methyl sites for hydroxylation is 2. The number of benzene rings is 1. The van der Waals surface area contributed by atoms with Crippen LogP contribution in [0.25, 0.3) is 10.9 Å². The summed E-state index contributed by atoms with van der Waals surface area (Å²) in [6.07, 6.45) is 0. The number of carbonyl (C=O) groups excluding carboxylic acids is 2. The van der Waals surface area contributed by atoms with E-state index in [-0.39, 0.29) is 18.1 Å². The molecule has 0 fully saturated rings. The fourth-order valence-corrected chi connectivity index (χ4v) is 3.17. The lowest BCUT2D eigenvalue weighted by Crippen LogP contribution is -2.16. The van der Waals surface area contributed by atoms with Gasteiger partial charge in [0, 0.05) is 29.1 Å². The molecule has 2 aromatic heterocycles. The number of rotatable bonds is 7. The van der Waals surface area contributed by atoms with Crippen molar-refractivity contribution in [2.75, 3.05) is 12.4 Å². The molecule has 3 rings (SSSR count). The Balaban J connectivity index is 1.51. The number of aromatic amines is 1. The Morgan fingerprint density at radius 3 is 2.84 bits per heavy atom. The van der Waals surface area contributed by atoms with Crippen LogP contribution in [0.5, 0.6) is 0 Å². The number of thioether (sulfide) groups is 1. The highest BCUT2D eigenvalue weighted by Gasteiger charge is 2.17. The van der Waals surface area contributed by atoms with Crippen molar-refractivity contribution in [1.82, 2.24) is 15.1 Å². The molecule has 130 valence electrons. The fraction of sp³-hybridized carbons (Fsp3) is 0.294. The van der Waals surface area contributed by atoms with Crippen LogP contribution in [0.1, 0.15) is 27.8 Å². The first-order valence-electron chi connectivity index (χ1n) is 7.67. The molecule has 1 N–H and O–H groups in total. The lowest BCUT2D eigenvalue weighted by molar-refractivity contribution is -0.139. The summed E-state index contributed by atoms with van der Waals surface area (Å²) in [6, 6.07) is 7.54. The van der Waals surface area contributed by atoms with Gasteiger partial charge in [-0.25, -0.2) is 0 Å². The Morgan fingerprint density at radius 2 is 2.08 bits per heavy atom. The van der Waals surface area contributed by atoms with Crippen molar-refractivity contribution < 1.29 is 18.8 Å². The van der Waals surface area contributed by atoms with E-state index in [2.05, 4.69) is 15.1 Å². The number of Topliss-reactive ketones (excluding diaryl/α,β-unsaturated/α-hetero) is 1. The Kier molecular flexibility index (Phi) is 5.18. The molecule has 8 heteroatoms. The quantitative estimate of drug-likeness (QED) is 0.511. The second kappa shape index (κ2) is 7.52. The Morgan fingerprint density at radius 1 is 1.28 bits per heavy atom. The molecule has 0 bridgehead atoms. The van der Waals surface area contributed by atoms with Crippen LogP contribution in [-0.2, 0) is 15.3 Å². The van der Waals surface area contributed by atoms with E-state index >= 15 is 0 Å². The number of carbonyl (C=O) groups is 2. The fourth-order valence-electron chi connectivity index (χ4n) is 2.52. The van der Waals surface area contributed by atoms with E-state index in [4.69, 9.17) is 9.26 Å². The van der Waals surface area contributed by atoms with Crippen molar-refractivity contribution in [2.24, 2.45) is 0 Å². The lowest BCUT2D eigenvalue weighted by atomic mass is 10.1. The van der Waals surface area contributed by atoms with Crippen molar-refractivity contribution in [3.05, 3.63) is 47.2 Å². The van der Waals surface area contributed by atoms with Gasteiger partial charge >= 0.3 is 5.97 Å². The molecule has 3 aromatic rings. The maximum Gasteiger partial charge on any atom is 0.316 e. The molecular formula is C17H17N3O4S. The van der Waals surface area contributed by atoms with E-state index in [0.29, 0.717) is 23.0 Å². The highest BCUT2D eigenvalue weighted by Crippen LogP contribution is 2.22. The van der Waals surface area contributed by atoms with Gasteiger partial charge in [0.15, 0.2) is 12.4 Å². The second-order valence-electron chi connectivity index (χ2n) is 5.48. The molecule has 25 heavy (non-hydrogen) atoms. The van der Waals surface area contributed by atoms with E-state index in [1.807, 2.05) is 31.2 Å². The monoisotopic (exact) mass is 359 g/mol. The molecule has 0 saturated carbocycles. The Bertz CT molecular complexity index is 916. The second-order valence-corrected chi connectivity index (χ2v) is 6.46. The average Bonchev–Trinajstić information content (AvgIpc) is 3.14. The summed E-state index contributed by atoms with van der Waals surface area (Å²) in [6.45, 7) is 3.26. The SMILES string of the molecule is Cc1nc(CSCC(=O)OCC(=O)c2c(C)[nH]c3ccccc23)no1. The van der Waals surface area contributed by atoms with Gasteiger partial charge in [0.05, 0.1) is 11.5 Å². The number of nitrogens with zero attached hydrogens (tertiary/aromatic N) is 2. The molecule has 0 aliphatic heterocycles. The van der Waals surface area contributed by atoms with Crippen molar-refractivity contribution >= 4 is 34.4 Å². The van der Waals surface area contributed by atoms with Crippen LogP contribution in [-0.4, -0.2) is 39.2 Å². The number of nitrogens with one attached hydrogen (secondary N) is 1. The molecule has 7 nitrogen and oxygen atoms in total. The molecule has 0 aliphatic carbocycles. The zero-order valence-corrected chi connectivity index (χ0v) is 14.7. The van der Waals surface area contributed by atoms with Crippen LogP contribution in [0.15, 0.2) is 28.8 Å². The normalized spacial score (nSPS) is 11.0. The van der Waals surface area contributed by atoms with Gasteiger partial charge in [-0.3, -0.25) is 9.59 Å². The number of ketones is 1. The van der Waals surface area contributed by atoms with Crippen LogP contribution >= 0.6 is 11.8 Å². The molecule has 0 unspecified atom stereocenters. The van der Waals surface area contributed by atoms with E-state index in [1.54, 1.807) is 6.92 Å². The maximum atomic E-state index is 12.4. The summed E-state index contributed by atoms with van der Waals surface area (Å²) in [5.74, 6) is 0.909. The summed E-state index contributed by atoms with van der Waals surface area (Å²) >= 11 is 1.31. The molecule has 0 aliphatic rings. The summed E-state index contributed by atoms with van der Waals surface area (Å²) in [4.78, 5) is 31.4. The molecule has 0 radical (unpaired) electrons. The summed E-state index contributed by atoms with van der Waals surface area (Å²) in [5, 5.41) is 4.58. The van der Waals surface area contributed by atoms with Crippen LogP contribution in [0.3, 0.4) is 0 Å². The van der Waals surface area contributed by atoms with Gasteiger partial charge in [-0.05, 0) is 13.0 Å². The Hall–Kier alpha value is -2.61. The van der Waals surface area contributed by atoms with Crippen molar-refractivity contribution in [1.29, 1.82) is 0 Å². The minimum atomic E-state index is -0.448. The van der Waals surface area contributed by atoms with Crippen molar-refractivity contribution in [3.8, 4) is 0 Å². The number of fused-ring (bicyclic) bond motifs is 1. The number of esters is 1. The number of H-pyrrole nitrogens is 1. The molecule has 0 spiro atoms. The predicted octanol–water partition coefficient (Wildman–Crippen LogP) is 2.83. The van der Waals surface area contributed by atoms with Gasteiger partial charge in [-0.1, -0.05) is 23.4 Å². The topological polar surface area (TPSA) is 98.1 Å². The highest BCUT2D eigenvalue weighted by atomic mass is 32.2. The van der Waals surface area contributed by atoms with Crippen LogP contribution in [0.2, 0.25) is 0 Å². The van der Waals surface area contributed by atoms with Crippen LogP contribution < -0.4 is 0 Å². The molecule has 2 heterocycles. The van der Waals surface area contributed by atoms with Gasteiger partial charge in [0.25, 0.3) is 0 Å². The molecule has 0 saturated heterocycles. The predicted molar refractivity (Wildman–Crippen MR) is 93.5 cm³/mol. The zero-order chi connectivity index (χ0) is 17.8. The number of para-hydroxylation sites is 1. The van der Waals surface area contributed by atoms with Crippen molar-refractivity contribution in [2.45, 2.75) is 19.6 Å². The van der Waals surface area contributed by atoms with E-state index < -0.39 is 5.97 Å². The smallest absolute Gasteiger partial charge is 0.316 e. The molecular weight excluding hydrogens is 342 g/mol. The van der Waals surface area contributed by atoms with E-state index in [9.17, 15) is 9.59 Å². The third-order valence-electron chi connectivity index (χ3n) is 3.56. The minimum absolute atomic E-state index is 0.119. The molecule has 0 amide bonds. The first-order valence-corrected chi connectivity index (χ1v) is 8.83. The standard InChI is InChI=1S/C17H17N3O4S/c1-10-17(12-5-3-4-6-13(12)18-10)14(21)7-23-16(22)9-25-8-15-19-11(2)24-20-15/h3-6,18H,7-9H2,1-2H3. The summed E-state index contributed by atoms with van der Waals surface area (Å²) < 4.78 is 9.94. The number of hydrogen-bond donors (Lipinski definition) is 1. The third-order valence-corrected chi connectivity index (χ3v) is 4.46. The Labute approximate surface area is 148 Å². The van der Waals surface area contributed by atoms with Crippen LogP contribution in [0, 0.1) is 13.8 Å². The highest BCUT2D eigenvalue weighted by molar-refractivity contribution is 7.99. The first-order chi connectivity index (χ1) is 12.0. The number of hydrogen-bond acceptors (Lipinski definition) is 7. The van der Waals surface area contributed by atoms with Gasteiger partial charge in [-0.15, -0.1) is 11.8 Å². The van der Waals surface area contributed by atoms with E-state index in [0.717, 1.165) is 16.6 Å². The lowest BCUT2D eigenvalue weighted by Gasteiger charge is -2.04. The van der Waals surface area contributed by atoms with Crippen molar-refractivity contribution in [3.63, 3.8) is 0 Å².